The first-order valence-electron chi connectivity index (χ1n) is 8.90. The Balaban J connectivity index is 1.96. The molecule has 2 heterocycles. The Morgan fingerprint density at radius 3 is 2.50 bits per heavy atom. The monoisotopic (exact) mass is 392 g/mol. The molecule has 28 heavy (non-hydrogen) atoms. The van der Waals surface area contributed by atoms with E-state index < -0.39 is 11.9 Å². The van der Waals surface area contributed by atoms with Gasteiger partial charge in [0.25, 0.3) is 0 Å². The van der Waals surface area contributed by atoms with Gasteiger partial charge >= 0.3 is 5.97 Å². The molecule has 0 unspecified atom stereocenters. The molecule has 0 radical (unpaired) electrons. The lowest BCUT2D eigenvalue weighted by Gasteiger charge is -2.14. The van der Waals surface area contributed by atoms with E-state index in [2.05, 4.69) is 10.3 Å². The number of esters is 1. The van der Waals surface area contributed by atoms with Crippen LogP contribution in [0.15, 0.2) is 53.4 Å². The van der Waals surface area contributed by atoms with Gasteiger partial charge in [-0.1, -0.05) is 30.3 Å². The maximum atomic E-state index is 12.9. The summed E-state index contributed by atoms with van der Waals surface area (Å²) in [6, 6.07) is 15.6. The number of aromatic amines is 1. The summed E-state index contributed by atoms with van der Waals surface area (Å²) in [6.45, 7) is 1.83. The standard InChI is InChI=1S/C22H20N2O3S/c1-12-17(22(26)27-2)19(18-15-6-4-5-7-16(15)24-21(18)25)20(23-12)13-8-10-14(28-3)11-9-13/h4-11,18,23H,1-3H3,(H,24,25)/t18-/m1/s1. The van der Waals surface area contributed by atoms with Crippen LogP contribution in [0.2, 0.25) is 0 Å². The number of hydrogen-bond acceptors (Lipinski definition) is 4. The number of aryl methyl sites for hydroxylation is 1. The number of carbonyl (C=O) groups is 2. The molecule has 0 fully saturated rings. The van der Waals surface area contributed by atoms with Crippen LogP contribution in [-0.4, -0.2) is 30.2 Å². The summed E-state index contributed by atoms with van der Waals surface area (Å²) in [6.07, 6.45) is 2.02. The summed E-state index contributed by atoms with van der Waals surface area (Å²) in [5.74, 6) is -1.18. The molecule has 0 aliphatic carbocycles. The average molecular weight is 392 g/mol. The Kier molecular flexibility index (Phi) is 4.73. The maximum Gasteiger partial charge on any atom is 0.340 e. The van der Waals surface area contributed by atoms with Crippen LogP contribution in [0.25, 0.3) is 11.3 Å². The van der Waals surface area contributed by atoms with Crippen molar-refractivity contribution < 1.29 is 14.3 Å². The normalized spacial score (nSPS) is 15.2. The van der Waals surface area contributed by atoms with Gasteiger partial charge in [-0.05, 0) is 42.5 Å². The molecule has 0 bridgehead atoms. The quantitative estimate of drug-likeness (QED) is 0.503. The number of aromatic nitrogens is 1. The number of anilines is 1. The Bertz CT molecular complexity index is 1070. The van der Waals surface area contributed by atoms with E-state index in [1.165, 1.54) is 7.11 Å². The zero-order valence-electron chi connectivity index (χ0n) is 15.8. The third-order valence-electron chi connectivity index (χ3n) is 5.07. The van der Waals surface area contributed by atoms with E-state index in [-0.39, 0.29) is 5.91 Å². The predicted octanol–water partition coefficient (Wildman–Crippen LogP) is 4.58. The molecular formula is C22H20N2O3S. The molecule has 0 spiro atoms. The van der Waals surface area contributed by atoms with Crippen molar-refractivity contribution in [3.63, 3.8) is 0 Å². The van der Waals surface area contributed by atoms with E-state index in [0.717, 1.165) is 27.4 Å². The molecule has 1 aliphatic heterocycles. The van der Waals surface area contributed by atoms with Crippen molar-refractivity contribution in [2.24, 2.45) is 0 Å². The van der Waals surface area contributed by atoms with E-state index in [4.69, 9.17) is 4.74 Å². The lowest BCUT2D eigenvalue weighted by atomic mass is 9.87. The highest BCUT2D eigenvalue weighted by atomic mass is 32.2. The Hall–Kier alpha value is -2.99. The van der Waals surface area contributed by atoms with Gasteiger partial charge in [0, 0.05) is 21.8 Å². The Morgan fingerprint density at radius 2 is 1.82 bits per heavy atom. The van der Waals surface area contributed by atoms with Gasteiger partial charge in [0.2, 0.25) is 5.91 Å². The molecule has 5 nitrogen and oxygen atoms in total. The minimum absolute atomic E-state index is 0.146. The third-order valence-corrected chi connectivity index (χ3v) is 5.82. The zero-order chi connectivity index (χ0) is 19.8. The Morgan fingerprint density at radius 1 is 1.11 bits per heavy atom. The molecule has 1 atom stereocenters. The van der Waals surface area contributed by atoms with Crippen molar-refractivity contribution in [3.05, 3.63) is 70.9 Å². The van der Waals surface area contributed by atoms with Crippen molar-refractivity contribution in [2.45, 2.75) is 17.7 Å². The fraction of sp³-hybridized carbons (Fsp3) is 0.182. The van der Waals surface area contributed by atoms with Crippen molar-refractivity contribution in [2.75, 3.05) is 18.7 Å². The number of hydrogen-bond donors (Lipinski definition) is 2. The summed E-state index contributed by atoms with van der Waals surface area (Å²) in [5.41, 5.74) is 5.08. The number of benzene rings is 2. The number of ether oxygens (including phenoxy) is 1. The van der Waals surface area contributed by atoms with Gasteiger partial charge in [0.1, 0.15) is 0 Å². The van der Waals surface area contributed by atoms with Crippen LogP contribution in [-0.2, 0) is 9.53 Å². The highest BCUT2D eigenvalue weighted by Gasteiger charge is 2.38. The van der Waals surface area contributed by atoms with Crippen molar-refractivity contribution >= 4 is 29.3 Å². The smallest absolute Gasteiger partial charge is 0.340 e. The van der Waals surface area contributed by atoms with E-state index >= 15 is 0 Å². The van der Waals surface area contributed by atoms with E-state index in [1.54, 1.807) is 11.8 Å². The van der Waals surface area contributed by atoms with Crippen molar-refractivity contribution in [1.29, 1.82) is 0 Å². The molecule has 1 amide bonds. The number of thioether (sulfide) groups is 1. The summed E-state index contributed by atoms with van der Waals surface area (Å²) in [4.78, 5) is 30.0. The van der Waals surface area contributed by atoms with Gasteiger partial charge in [0.15, 0.2) is 0 Å². The van der Waals surface area contributed by atoms with Crippen LogP contribution in [0.3, 0.4) is 0 Å². The number of rotatable bonds is 4. The third kappa shape index (κ3) is 2.90. The second-order valence-electron chi connectivity index (χ2n) is 6.64. The minimum Gasteiger partial charge on any atom is -0.465 e. The van der Waals surface area contributed by atoms with E-state index in [1.807, 2.05) is 61.7 Å². The van der Waals surface area contributed by atoms with Crippen molar-refractivity contribution in [1.82, 2.24) is 4.98 Å². The fourth-order valence-corrected chi connectivity index (χ4v) is 4.19. The number of para-hydroxylation sites is 1. The van der Waals surface area contributed by atoms with Gasteiger partial charge in [-0.15, -0.1) is 11.8 Å². The van der Waals surface area contributed by atoms with Crippen LogP contribution in [0.4, 0.5) is 5.69 Å². The highest BCUT2D eigenvalue weighted by molar-refractivity contribution is 7.98. The number of H-pyrrole nitrogens is 1. The zero-order valence-corrected chi connectivity index (χ0v) is 16.6. The van der Waals surface area contributed by atoms with Gasteiger partial charge in [-0.25, -0.2) is 4.79 Å². The van der Waals surface area contributed by atoms with Crippen LogP contribution in [0, 0.1) is 6.92 Å². The van der Waals surface area contributed by atoms with Gasteiger partial charge in [-0.2, -0.15) is 0 Å². The lowest BCUT2D eigenvalue weighted by molar-refractivity contribution is -0.116. The van der Waals surface area contributed by atoms with E-state index in [9.17, 15) is 9.59 Å². The number of carbonyl (C=O) groups excluding carboxylic acids is 2. The van der Waals surface area contributed by atoms with E-state index in [0.29, 0.717) is 16.8 Å². The molecule has 142 valence electrons. The molecular weight excluding hydrogens is 372 g/mol. The molecule has 2 aromatic carbocycles. The number of nitrogens with one attached hydrogen (secondary N) is 2. The molecule has 3 aromatic rings. The number of methoxy groups -OCH3 is 1. The second kappa shape index (κ2) is 7.20. The van der Waals surface area contributed by atoms with Crippen molar-refractivity contribution in [3.8, 4) is 11.3 Å². The molecule has 0 saturated heterocycles. The fourth-order valence-electron chi connectivity index (χ4n) is 3.78. The summed E-state index contributed by atoms with van der Waals surface area (Å²) in [5, 5.41) is 2.93. The molecule has 1 aromatic heterocycles. The SMILES string of the molecule is COC(=O)c1c(C)[nH]c(-c2ccc(SC)cc2)c1[C@@H]1C(=O)Nc2ccccc21. The maximum absolute atomic E-state index is 12.9. The molecule has 4 rings (SSSR count). The average Bonchev–Trinajstić information content (AvgIpc) is 3.22. The second-order valence-corrected chi connectivity index (χ2v) is 7.52. The van der Waals surface area contributed by atoms with Gasteiger partial charge in [-0.3, -0.25) is 4.79 Å². The minimum atomic E-state index is -0.578. The first-order chi connectivity index (χ1) is 13.5. The lowest BCUT2D eigenvalue weighted by Crippen LogP contribution is -2.17. The summed E-state index contributed by atoms with van der Waals surface area (Å²) in [7, 11) is 1.36. The molecule has 2 N–H and O–H groups in total. The first-order valence-corrected chi connectivity index (χ1v) is 10.1. The summed E-state index contributed by atoms with van der Waals surface area (Å²) < 4.78 is 5.03. The molecule has 1 aliphatic rings. The van der Waals surface area contributed by atoms with Crippen LogP contribution >= 0.6 is 11.8 Å². The first kappa shape index (κ1) is 18.4. The van der Waals surface area contributed by atoms with Crippen LogP contribution in [0.1, 0.15) is 33.1 Å². The topological polar surface area (TPSA) is 71.2 Å². The Labute approximate surface area is 167 Å². The highest BCUT2D eigenvalue weighted by Crippen LogP contribution is 2.43. The molecule has 0 saturated carbocycles. The van der Waals surface area contributed by atoms with Crippen LogP contribution in [0.5, 0.6) is 0 Å². The van der Waals surface area contributed by atoms with Crippen LogP contribution < -0.4 is 5.32 Å². The predicted molar refractivity (Wildman–Crippen MR) is 111 cm³/mol. The number of amides is 1. The van der Waals surface area contributed by atoms with Gasteiger partial charge < -0.3 is 15.0 Å². The largest absolute Gasteiger partial charge is 0.465 e. The summed E-state index contributed by atoms with van der Waals surface area (Å²) >= 11 is 1.66. The molecule has 6 heteroatoms. The number of fused-ring (bicyclic) bond motifs is 1. The van der Waals surface area contributed by atoms with Gasteiger partial charge in [0.05, 0.1) is 24.3 Å².